The molecule has 0 aromatic carbocycles. The molecule has 1 heterocycles. The van der Waals surface area contributed by atoms with Crippen molar-refractivity contribution in [1.82, 2.24) is 4.98 Å². The molecule has 0 amide bonds. The van der Waals surface area contributed by atoms with Crippen molar-refractivity contribution in [1.29, 1.82) is 0 Å². The normalized spacial score (nSPS) is 10.8. The number of aromatic nitrogens is 1. The van der Waals surface area contributed by atoms with Crippen LogP contribution in [0.4, 0.5) is 4.39 Å². The fourth-order valence-corrected chi connectivity index (χ4v) is 0.929. The van der Waals surface area contributed by atoms with Crippen LogP contribution in [0.25, 0.3) is 6.08 Å². The van der Waals surface area contributed by atoms with E-state index in [1.807, 2.05) is 12.2 Å². The number of pyridine rings is 1. The molecule has 3 heteroatoms. The summed E-state index contributed by atoms with van der Waals surface area (Å²) in [5.74, 6) is 0.381. The number of rotatable bonds is 3. The van der Waals surface area contributed by atoms with E-state index in [9.17, 15) is 4.39 Å². The van der Waals surface area contributed by atoms with Gasteiger partial charge in [0, 0.05) is 6.20 Å². The van der Waals surface area contributed by atoms with Gasteiger partial charge in [-0.3, -0.25) is 0 Å². The highest BCUT2D eigenvalue weighted by molar-refractivity contribution is 7.80. The maximum absolute atomic E-state index is 12.3. The topological polar surface area (TPSA) is 12.9 Å². The van der Waals surface area contributed by atoms with Gasteiger partial charge in [0.15, 0.2) is 0 Å². The van der Waals surface area contributed by atoms with Crippen molar-refractivity contribution in [2.24, 2.45) is 0 Å². The second-order valence-electron chi connectivity index (χ2n) is 2.33. The molecule has 0 fully saturated rings. The summed E-state index contributed by atoms with van der Waals surface area (Å²) in [6, 6.07) is 3.04. The van der Waals surface area contributed by atoms with Crippen LogP contribution in [0.3, 0.4) is 0 Å². The zero-order valence-electron chi connectivity index (χ0n) is 6.57. The molecule has 1 rings (SSSR count). The number of thiol groups is 1. The summed E-state index contributed by atoms with van der Waals surface area (Å²) in [5, 5.41) is 0. The van der Waals surface area contributed by atoms with Gasteiger partial charge in [-0.15, -0.1) is 0 Å². The SMILES string of the molecule is Fc1ccc(C=CCCS)cn1. The summed E-state index contributed by atoms with van der Waals surface area (Å²) < 4.78 is 12.3. The lowest BCUT2D eigenvalue weighted by atomic mass is 10.2. The molecule has 12 heavy (non-hydrogen) atoms. The van der Waals surface area contributed by atoms with E-state index in [0.717, 1.165) is 17.7 Å². The first-order chi connectivity index (χ1) is 5.83. The zero-order chi connectivity index (χ0) is 8.81. The standard InChI is InChI=1S/C9H10FNS/c10-9-5-4-8(7-11-9)3-1-2-6-12/h1,3-5,7,12H,2,6H2. The predicted octanol–water partition coefficient (Wildman–Crippen LogP) is 2.55. The lowest BCUT2D eigenvalue weighted by Crippen LogP contribution is -1.81. The molecule has 0 bridgehead atoms. The third kappa shape index (κ3) is 3.05. The number of halogens is 1. The summed E-state index contributed by atoms with van der Waals surface area (Å²) in [6.45, 7) is 0. The summed E-state index contributed by atoms with van der Waals surface area (Å²) >= 11 is 4.06. The van der Waals surface area contributed by atoms with E-state index in [1.54, 1.807) is 6.07 Å². The summed E-state index contributed by atoms with van der Waals surface area (Å²) in [4.78, 5) is 3.52. The maximum atomic E-state index is 12.3. The van der Waals surface area contributed by atoms with Crippen molar-refractivity contribution >= 4 is 18.7 Å². The molecule has 0 saturated heterocycles. The van der Waals surface area contributed by atoms with Crippen molar-refractivity contribution < 1.29 is 4.39 Å². The summed E-state index contributed by atoms with van der Waals surface area (Å²) in [7, 11) is 0. The fraction of sp³-hybridized carbons (Fsp3) is 0.222. The van der Waals surface area contributed by atoms with Gasteiger partial charge in [0.2, 0.25) is 5.95 Å². The smallest absolute Gasteiger partial charge is 0.212 e. The predicted molar refractivity (Wildman–Crippen MR) is 51.7 cm³/mol. The van der Waals surface area contributed by atoms with Crippen LogP contribution < -0.4 is 0 Å². The van der Waals surface area contributed by atoms with Crippen LogP contribution in [-0.4, -0.2) is 10.7 Å². The Labute approximate surface area is 76.7 Å². The molecule has 1 nitrogen and oxygen atoms in total. The first-order valence-corrected chi connectivity index (χ1v) is 4.35. The van der Waals surface area contributed by atoms with Gasteiger partial charge in [0.05, 0.1) is 0 Å². The van der Waals surface area contributed by atoms with Crippen molar-refractivity contribution in [3.63, 3.8) is 0 Å². The lowest BCUT2D eigenvalue weighted by Gasteiger charge is -1.91. The van der Waals surface area contributed by atoms with E-state index in [0.29, 0.717) is 0 Å². The highest BCUT2D eigenvalue weighted by Crippen LogP contribution is 2.02. The van der Waals surface area contributed by atoms with Crippen LogP contribution in [0, 0.1) is 5.95 Å². The average Bonchev–Trinajstić information content (AvgIpc) is 2.09. The van der Waals surface area contributed by atoms with Gasteiger partial charge in [-0.2, -0.15) is 17.0 Å². The largest absolute Gasteiger partial charge is 0.228 e. The minimum Gasteiger partial charge on any atom is -0.228 e. The second kappa shape index (κ2) is 4.93. The Morgan fingerprint density at radius 1 is 1.50 bits per heavy atom. The van der Waals surface area contributed by atoms with Crippen molar-refractivity contribution in [3.8, 4) is 0 Å². The van der Waals surface area contributed by atoms with E-state index < -0.39 is 5.95 Å². The molecule has 0 spiro atoms. The van der Waals surface area contributed by atoms with Gasteiger partial charge < -0.3 is 0 Å². The molecule has 64 valence electrons. The van der Waals surface area contributed by atoms with Gasteiger partial charge in [-0.05, 0) is 29.9 Å². The van der Waals surface area contributed by atoms with Gasteiger partial charge in [-0.25, -0.2) is 4.98 Å². The summed E-state index contributed by atoms with van der Waals surface area (Å²) in [5.41, 5.74) is 0.915. The number of nitrogens with zero attached hydrogens (tertiary/aromatic N) is 1. The molecule has 0 atom stereocenters. The van der Waals surface area contributed by atoms with Crippen LogP contribution in [0.2, 0.25) is 0 Å². The molecular formula is C9H10FNS. The first-order valence-electron chi connectivity index (χ1n) is 3.72. The Balaban J connectivity index is 2.58. The van der Waals surface area contributed by atoms with Gasteiger partial charge in [-0.1, -0.05) is 12.2 Å². The van der Waals surface area contributed by atoms with Crippen LogP contribution in [0.5, 0.6) is 0 Å². The Bertz CT molecular complexity index is 256. The Hall–Kier alpha value is -0.830. The Kier molecular flexibility index (Phi) is 3.80. The minimum absolute atomic E-state index is 0.443. The number of allylic oxidation sites excluding steroid dienone is 1. The Morgan fingerprint density at radius 3 is 2.92 bits per heavy atom. The average molecular weight is 183 g/mol. The fourth-order valence-electron chi connectivity index (χ4n) is 0.780. The van der Waals surface area contributed by atoms with E-state index in [-0.39, 0.29) is 0 Å². The minimum atomic E-state index is -0.443. The highest BCUT2D eigenvalue weighted by Gasteiger charge is 1.88. The molecule has 0 unspecified atom stereocenters. The van der Waals surface area contributed by atoms with Crippen molar-refractivity contribution in [3.05, 3.63) is 35.9 Å². The highest BCUT2D eigenvalue weighted by atomic mass is 32.1. The van der Waals surface area contributed by atoms with Gasteiger partial charge >= 0.3 is 0 Å². The van der Waals surface area contributed by atoms with E-state index in [2.05, 4.69) is 17.6 Å². The van der Waals surface area contributed by atoms with Crippen molar-refractivity contribution in [2.45, 2.75) is 6.42 Å². The third-order valence-electron chi connectivity index (χ3n) is 1.36. The number of hydrogen-bond donors (Lipinski definition) is 1. The van der Waals surface area contributed by atoms with E-state index >= 15 is 0 Å². The molecule has 0 aliphatic rings. The lowest BCUT2D eigenvalue weighted by molar-refractivity contribution is 0.583. The molecular weight excluding hydrogens is 173 g/mol. The van der Waals surface area contributed by atoms with Gasteiger partial charge in [0.25, 0.3) is 0 Å². The van der Waals surface area contributed by atoms with E-state index in [1.165, 1.54) is 12.3 Å². The molecule has 0 aliphatic carbocycles. The number of hydrogen-bond acceptors (Lipinski definition) is 2. The molecule has 1 aromatic heterocycles. The zero-order valence-corrected chi connectivity index (χ0v) is 7.47. The quantitative estimate of drug-likeness (QED) is 0.561. The summed E-state index contributed by atoms with van der Waals surface area (Å²) in [6.07, 6.45) is 6.31. The van der Waals surface area contributed by atoms with Crippen LogP contribution in [-0.2, 0) is 0 Å². The van der Waals surface area contributed by atoms with Crippen LogP contribution >= 0.6 is 12.6 Å². The third-order valence-corrected chi connectivity index (χ3v) is 1.61. The monoisotopic (exact) mass is 183 g/mol. The van der Waals surface area contributed by atoms with E-state index in [4.69, 9.17) is 0 Å². The van der Waals surface area contributed by atoms with Crippen LogP contribution in [0.1, 0.15) is 12.0 Å². The first kappa shape index (κ1) is 9.26. The molecule has 1 aromatic rings. The molecule has 0 saturated carbocycles. The van der Waals surface area contributed by atoms with Crippen molar-refractivity contribution in [2.75, 3.05) is 5.75 Å². The molecule has 0 N–H and O–H groups in total. The van der Waals surface area contributed by atoms with Gasteiger partial charge in [0.1, 0.15) is 0 Å². The second-order valence-corrected chi connectivity index (χ2v) is 2.78. The maximum Gasteiger partial charge on any atom is 0.212 e. The Morgan fingerprint density at radius 2 is 2.33 bits per heavy atom. The molecule has 0 aliphatic heterocycles. The van der Waals surface area contributed by atoms with Crippen LogP contribution in [0.15, 0.2) is 24.4 Å². The molecule has 0 radical (unpaired) electrons.